The van der Waals surface area contributed by atoms with Crippen molar-refractivity contribution in [1.82, 2.24) is 0 Å². The summed E-state index contributed by atoms with van der Waals surface area (Å²) in [5, 5.41) is 5.38. The van der Waals surface area contributed by atoms with Gasteiger partial charge in [0.2, 0.25) is 0 Å². The van der Waals surface area contributed by atoms with E-state index < -0.39 is 39.9 Å². The Morgan fingerprint density at radius 2 is 1.00 bits per heavy atom. The van der Waals surface area contributed by atoms with E-state index in [2.05, 4.69) is 10.6 Å². The normalized spacial score (nSPS) is 19.0. The first-order chi connectivity index (χ1) is 21.8. The molecular formula is C36H38F4N2O2Ti. The van der Waals surface area contributed by atoms with Gasteiger partial charge in [-0.15, -0.1) is 0 Å². The molecule has 2 fully saturated rings. The second-order valence-corrected chi connectivity index (χ2v) is 18.5. The molecule has 6 rings (SSSR count). The average molecular weight is 655 g/mol. The van der Waals surface area contributed by atoms with E-state index >= 15 is 17.6 Å². The van der Waals surface area contributed by atoms with Crippen LogP contribution < -0.4 is 18.4 Å². The molecule has 2 aromatic carbocycles. The molecule has 0 heterocycles. The molecule has 2 aromatic rings. The van der Waals surface area contributed by atoms with Gasteiger partial charge in [0.15, 0.2) is 0 Å². The summed E-state index contributed by atoms with van der Waals surface area (Å²) in [6, 6.07) is 4.56. The zero-order valence-corrected chi connectivity index (χ0v) is 26.8. The van der Waals surface area contributed by atoms with Crippen LogP contribution >= 0.6 is 0 Å². The van der Waals surface area contributed by atoms with Gasteiger partial charge in [0, 0.05) is 0 Å². The molecule has 0 aliphatic heterocycles. The van der Waals surface area contributed by atoms with Gasteiger partial charge in [-0.25, -0.2) is 0 Å². The Kier molecular flexibility index (Phi) is 9.62. The van der Waals surface area contributed by atoms with Gasteiger partial charge in [-0.05, 0) is 0 Å². The zero-order valence-electron chi connectivity index (χ0n) is 25.2. The minimum absolute atomic E-state index is 0.197. The van der Waals surface area contributed by atoms with Crippen LogP contribution in [0.25, 0.3) is 0 Å². The Morgan fingerprint density at radius 1 is 0.600 bits per heavy atom. The second kappa shape index (κ2) is 13.6. The standard InChI is InChI=1S/2C13H14F2NO.2C5H5.Ti/c2*14-10-6-7-12(11(15)8-10)16-13(17)9-4-2-1-3-5-9;2*1-2-4-5-3-1;/h2*6-7,9H,1-5H2,(H,16,17);2*1-3H,4H2;. The molecule has 2 amide bonds. The molecule has 9 heteroatoms. The molecule has 4 nitrogen and oxygen atoms in total. The van der Waals surface area contributed by atoms with Crippen molar-refractivity contribution in [2.45, 2.75) is 77.0 Å². The van der Waals surface area contributed by atoms with Gasteiger partial charge in [-0.1, -0.05) is 0 Å². The molecule has 0 saturated heterocycles. The number of halogens is 4. The fraction of sp³-hybridized carbons (Fsp3) is 0.389. The van der Waals surface area contributed by atoms with Gasteiger partial charge in [0.25, 0.3) is 0 Å². The van der Waals surface area contributed by atoms with E-state index in [0.29, 0.717) is 33.4 Å². The van der Waals surface area contributed by atoms with E-state index in [4.69, 9.17) is 0 Å². The second-order valence-electron chi connectivity index (χ2n) is 12.6. The fourth-order valence-electron chi connectivity index (χ4n) is 7.61. The van der Waals surface area contributed by atoms with E-state index in [0.717, 1.165) is 50.7 Å². The maximum absolute atomic E-state index is 16.9. The first kappa shape index (κ1) is 31.7. The molecule has 0 bridgehead atoms. The summed E-state index contributed by atoms with van der Waals surface area (Å²) >= 11 is -5.10. The minimum atomic E-state index is -5.10. The van der Waals surface area contributed by atoms with E-state index in [-0.39, 0.29) is 55.6 Å². The number of allylic oxidation sites excluding steroid dienone is 8. The third kappa shape index (κ3) is 6.04. The first-order valence-corrected chi connectivity index (χ1v) is 19.3. The number of nitrogens with one attached hydrogen (secondary N) is 2. The van der Waals surface area contributed by atoms with Crippen molar-refractivity contribution in [3.8, 4) is 0 Å². The van der Waals surface area contributed by atoms with Crippen LogP contribution in [0.2, 0.25) is 0 Å². The maximum atomic E-state index is 16.9. The number of hydrogen-bond acceptors (Lipinski definition) is 2. The van der Waals surface area contributed by atoms with E-state index in [9.17, 15) is 9.59 Å². The van der Waals surface area contributed by atoms with Crippen LogP contribution in [0.15, 0.2) is 68.5 Å². The van der Waals surface area contributed by atoms with Gasteiger partial charge < -0.3 is 0 Å². The SMILES string of the molecule is O=C(Nc1ccc(F)[c]([Ti]([C]2=CC=CC2)([C]2=CC=CC2)[c]2c(F)ccc(NC(=O)C3CCCCC3)c2F)c1F)C1CCCCC1. The number of anilines is 2. The number of amides is 2. The van der Waals surface area contributed by atoms with Crippen molar-refractivity contribution in [2.24, 2.45) is 11.8 Å². The molecule has 45 heavy (non-hydrogen) atoms. The van der Waals surface area contributed by atoms with Crippen LogP contribution in [0.4, 0.5) is 28.9 Å². The Hall–Kier alpha value is -3.23. The number of rotatable bonds is 8. The van der Waals surface area contributed by atoms with Crippen molar-refractivity contribution in [2.75, 3.05) is 10.6 Å². The topological polar surface area (TPSA) is 58.2 Å². The monoisotopic (exact) mass is 654 g/mol. The third-order valence-corrected chi connectivity index (χ3v) is 17.8. The van der Waals surface area contributed by atoms with Crippen molar-refractivity contribution < 1.29 is 43.7 Å². The Bertz CT molecular complexity index is 1500. The third-order valence-electron chi connectivity index (χ3n) is 9.91. The molecule has 236 valence electrons. The number of carbonyl (C=O) groups excluding carboxylic acids is 2. The van der Waals surface area contributed by atoms with Crippen molar-refractivity contribution in [3.05, 3.63) is 91.7 Å². The van der Waals surface area contributed by atoms with Crippen LogP contribution in [0, 0.1) is 35.1 Å². The summed E-state index contributed by atoms with van der Waals surface area (Å²) in [7, 11) is 0. The van der Waals surface area contributed by atoms with E-state index in [1.165, 1.54) is 12.1 Å². The number of carbonyl (C=O) groups is 2. The molecule has 0 radical (unpaired) electrons. The molecule has 4 aliphatic carbocycles. The Balaban J connectivity index is 1.52. The summed E-state index contributed by atoms with van der Waals surface area (Å²) in [5.74, 6) is -5.07. The summed E-state index contributed by atoms with van der Waals surface area (Å²) < 4.78 is 66.9. The quantitative estimate of drug-likeness (QED) is 0.224. The van der Waals surface area contributed by atoms with Gasteiger partial charge in [0.1, 0.15) is 0 Å². The van der Waals surface area contributed by atoms with Crippen LogP contribution in [-0.2, 0) is 26.2 Å². The van der Waals surface area contributed by atoms with Crippen LogP contribution in [-0.4, -0.2) is 11.8 Å². The summed E-state index contributed by atoms with van der Waals surface area (Å²) in [6.45, 7) is 0. The molecule has 0 aromatic heterocycles. The fourth-order valence-corrected chi connectivity index (χ4v) is 15.9. The zero-order chi connectivity index (χ0) is 31.6. The predicted molar refractivity (Wildman–Crippen MR) is 166 cm³/mol. The average Bonchev–Trinajstić information content (AvgIpc) is 3.80. The van der Waals surface area contributed by atoms with Crippen molar-refractivity contribution >= 4 is 30.9 Å². The predicted octanol–water partition coefficient (Wildman–Crippen LogP) is 8.07. The van der Waals surface area contributed by atoms with E-state index in [1.54, 1.807) is 24.3 Å². The van der Waals surface area contributed by atoms with Crippen molar-refractivity contribution in [3.63, 3.8) is 0 Å². The van der Waals surface area contributed by atoms with E-state index in [1.807, 2.05) is 12.2 Å². The molecule has 2 saturated carbocycles. The number of hydrogen-bond donors (Lipinski definition) is 2. The molecule has 2 N–H and O–H groups in total. The van der Waals surface area contributed by atoms with Crippen LogP contribution in [0.5, 0.6) is 0 Å². The Morgan fingerprint density at radius 3 is 1.36 bits per heavy atom. The molecule has 0 atom stereocenters. The summed E-state index contributed by atoms with van der Waals surface area (Å²) in [5.41, 5.74) is -0.393. The van der Waals surface area contributed by atoms with Crippen LogP contribution in [0.1, 0.15) is 77.0 Å². The van der Waals surface area contributed by atoms with Crippen molar-refractivity contribution in [1.29, 1.82) is 0 Å². The molecule has 0 spiro atoms. The number of benzene rings is 2. The van der Waals surface area contributed by atoms with Crippen LogP contribution in [0.3, 0.4) is 0 Å². The first-order valence-electron chi connectivity index (χ1n) is 16.1. The molecule has 0 unspecified atom stereocenters. The summed E-state index contributed by atoms with van der Waals surface area (Å²) in [6.07, 6.45) is 19.6. The van der Waals surface area contributed by atoms with Gasteiger partial charge in [-0.2, -0.15) is 0 Å². The van der Waals surface area contributed by atoms with Gasteiger partial charge in [-0.3, -0.25) is 0 Å². The molecule has 4 aliphatic rings. The van der Waals surface area contributed by atoms with Gasteiger partial charge >= 0.3 is 266 Å². The Labute approximate surface area is 265 Å². The summed E-state index contributed by atoms with van der Waals surface area (Å²) in [4.78, 5) is 26.3. The van der Waals surface area contributed by atoms with Gasteiger partial charge in [0.05, 0.1) is 0 Å². The molecular weight excluding hydrogens is 616 g/mol.